The van der Waals surface area contributed by atoms with E-state index in [2.05, 4.69) is 91.0 Å². The van der Waals surface area contributed by atoms with Crippen LogP contribution in [-0.2, 0) is 10.8 Å². The molecule has 0 radical (unpaired) electrons. The average Bonchev–Trinajstić information content (AvgIpc) is 2.39. The van der Waals surface area contributed by atoms with E-state index in [4.69, 9.17) is 0 Å². The van der Waals surface area contributed by atoms with Gasteiger partial charge in [0.2, 0.25) is 0 Å². The minimum atomic E-state index is 0.139. The zero-order valence-corrected chi connectivity index (χ0v) is 15.2. The highest BCUT2D eigenvalue weighted by Crippen LogP contribution is 2.36. The Morgan fingerprint density at radius 2 is 1.27 bits per heavy atom. The Morgan fingerprint density at radius 3 is 1.68 bits per heavy atom. The molecular weight excluding hydrogens is 264 g/mol. The third-order valence-electron chi connectivity index (χ3n) is 4.14. The van der Waals surface area contributed by atoms with Gasteiger partial charge in [-0.05, 0) is 52.5 Å². The Kier molecular flexibility index (Phi) is 4.52. The van der Waals surface area contributed by atoms with Crippen molar-refractivity contribution >= 4 is 6.08 Å². The zero-order chi connectivity index (χ0) is 16.5. The molecule has 0 spiro atoms. The second-order valence-electron chi connectivity index (χ2n) is 8.46. The third kappa shape index (κ3) is 3.80. The molecule has 1 aliphatic carbocycles. The van der Waals surface area contributed by atoms with Crippen molar-refractivity contribution in [1.29, 1.82) is 0 Å². The third-order valence-corrected chi connectivity index (χ3v) is 4.14. The van der Waals surface area contributed by atoms with E-state index in [-0.39, 0.29) is 10.8 Å². The maximum absolute atomic E-state index is 2.37. The van der Waals surface area contributed by atoms with Crippen LogP contribution in [0.2, 0.25) is 0 Å². The Balaban J connectivity index is 2.75. The number of hydrogen-bond acceptors (Lipinski definition) is 0. The Bertz CT molecular complexity index is 589. The second-order valence-corrected chi connectivity index (χ2v) is 8.46. The molecule has 0 unspecified atom stereocenters. The first-order chi connectivity index (χ1) is 10.1. The summed E-state index contributed by atoms with van der Waals surface area (Å²) in [6, 6.07) is 4.72. The van der Waals surface area contributed by atoms with Gasteiger partial charge in [-0.1, -0.05) is 83.5 Å². The summed E-state index contributed by atoms with van der Waals surface area (Å²) < 4.78 is 0. The molecule has 0 saturated heterocycles. The fourth-order valence-corrected chi connectivity index (χ4v) is 3.00. The first-order valence-electron chi connectivity index (χ1n) is 8.29. The lowest BCUT2D eigenvalue weighted by Crippen LogP contribution is -2.20. The van der Waals surface area contributed by atoms with Crippen LogP contribution in [0.1, 0.15) is 70.2 Å². The fraction of sp³-hybridized carbons (Fsp3) is 0.455. The lowest BCUT2D eigenvalue weighted by molar-refractivity contribution is 0.565. The lowest BCUT2D eigenvalue weighted by atomic mass is 9.75. The second kappa shape index (κ2) is 5.91. The summed E-state index contributed by atoms with van der Waals surface area (Å²) in [4.78, 5) is 0. The minimum absolute atomic E-state index is 0.139. The number of allylic oxidation sites excluding steroid dienone is 5. The lowest BCUT2D eigenvalue weighted by Gasteiger charge is -2.30. The standard InChI is InChI=1S/C22H30/c1-16-13-19(21(2,3)4)18(20(14-16)22(5,6)7)15-17-11-9-8-10-12-17/h9-15H,8H2,1-7H3. The van der Waals surface area contributed by atoms with Crippen LogP contribution in [-0.4, -0.2) is 0 Å². The molecule has 2 rings (SSSR count). The molecule has 118 valence electrons. The van der Waals surface area contributed by atoms with Crippen LogP contribution in [0, 0.1) is 6.92 Å². The van der Waals surface area contributed by atoms with E-state index in [1.165, 1.54) is 27.8 Å². The van der Waals surface area contributed by atoms with Crippen LogP contribution in [0.3, 0.4) is 0 Å². The summed E-state index contributed by atoms with van der Waals surface area (Å²) in [6.07, 6.45) is 12.3. The number of aryl methyl sites for hydroxylation is 1. The van der Waals surface area contributed by atoms with Crippen molar-refractivity contribution in [2.45, 2.75) is 65.7 Å². The van der Waals surface area contributed by atoms with Crippen LogP contribution in [0.25, 0.3) is 6.08 Å². The van der Waals surface area contributed by atoms with Crippen LogP contribution < -0.4 is 0 Å². The van der Waals surface area contributed by atoms with Crippen molar-refractivity contribution in [1.82, 2.24) is 0 Å². The summed E-state index contributed by atoms with van der Waals surface area (Å²) in [5.74, 6) is 0. The molecule has 0 N–H and O–H groups in total. The molecule has 0 aliphatic heterocycles. The number of rotatable bonds is 1. The topological polar surface area (TPSA) is 0 Å². The number of benzene rings is 1. The van der Waals surface area contributed by atoms with Gasteiger partial charge >= 0.3 is 0 Å². The SMILES string of the molecule is Cc1cc(C(C)(C)C)c(C=C2C=CCC=C2)c(C(C)(C)C)c1. The van der Waals surface area contributed by atoms with Gasteiger partial charge in [0.05, 0.1) is 0 Å². The zero-order valence-electron chi connectivity index (χ0n) is 15.2. The molecule has 0 saturated carbocycles. The molecule has 0 fully saturated rings. The van der Waals surface area contributed by atoms with E-state index in [1.807, 2.05) is 0 Å². The van der Waals surface area contributed by atoms with Crippen LogP contribution in [0.15, 0.2) is 42.0 Å². The molecule has 0 amide bonds. The van der Waals surface area contributed by atoms with Crippen molar-refractivity contribution in [3.63, 3.8) is 0 Å². The molecule has 0 atom stereocenters. The van der Waals surface area contributed by atoms with E-state index >= 15 is 0 Å². The molecule has 1 aliphatic rings. The monoisotopic (exact) mass is 294 g/mol. The van der Waals surface area contributed by atoms with Crippen molar-refractivity contribution in [3.8, 4) is 0 Å². The van der Waals surface area contributed by atoms with Gasteiger partial charge < -0.3 is 0 Å². The summed E-state index contributed by atoms with van der Waals surface area (Å²) in [6.45, 7) is 16.1. The van der Waals surface area contributed by atoms with Crippen molar-refractivity contribution < 1.29 is 0 Å². The molecule has 0 heteroatoms. The van der Waals surface area contributed by atoms with Gasteiger partial charge in [0, 0.05) is 0 Å². The highest BCUT2D eigenvalue weighted by Gasteiger charge is 2.25. The molecule has 0 bridgehead atoms. The van der Waals surface area contributed by atoms with Gasteiger partial charge in [0.1, 0.15) is 0 Å². The van der Waals surface area contributed by atoms with E-state index < -0.39 is 0 Å². The van der Waals surface area contributed by atoms with Crippen molar-refractivity contribution in [2.75, 3.05) is 0 Å². The first kappa shape index (κ1) is 16.8. The average molecular weight is 294 g/mol. The van der Waals surface area contributed by atoms with Crippen LogP contribution >= 0.6 is 0 Å². The Labute approximate surface area is 136 Å². The normalized spacial score (nSPS) is 15.3. The molecule has 1 aromatic rings. The smallest absolute Gasteiger partial charge is 0.0126 e. The summed E-state index contributed by atoms with van der Waals surface area (Å²) in [5, 5.41) is 0. The molecular formula is C22H30. The predicted molar refractivity (Wildman–Crippen MR) is 99.5 cm³/mol. The summed E-state index contributed by atoms with van der Waals surface area (Å²) in [5.41, 5.74) is 7.21. The quantitative estimate of drug-likeness (QED) is 0.555. The molecule has 0 aromatic heterocycles. The van der Waals surface area contributed by atoms with Crippen LogP contribution in [0.5, 0.6) is 0 Å². The molecule has 0 nitrogen and oxygen atoms in total. The summed E-state index contributed by atoms with van der Waals surface area (Å²) in [7, 11) is 0. The Morgan fingerprint density at radius 1 is 0.818 bits per heavy atom. The molecule has 22 heavy (non-hydrogen) atoms. The minimum Gasteiger partial charge on any atom is -0.0801 e. The van der Waals surface area contributed by atoms with E-state index in [9.17, 15) is 0 Å². The number of hydrogen-bond donors (Lipinski definition) is 0. The van der Waals surface area contributed by atoms with E-state index in [1.54, 1.807) is 0 Å². The highest BCUT2D eigenvalue weighted by atomic mass is 14.3. The van der Waals surface area contributed by atoms with Gasteiger partial charge in [-0.3, -0.25) is 0 Å². The first-order valence-corrected chi connectivity index (χ1v) is 8.29. The van der Waals surface area contributed by atoms with Crippen molar-refractivity contribution in [3.05, 3.63) is 64.3 Å². The van der Waals surface area contributed by atoms with E-state index in [0.717, 1.165) is 6.42 Å². The maximum atomic E-state index is 2.37. The summed E-state index contributed by atoms with van der Waals surface area (Å²) >= 11 is 0. The van der Waals surface area contributed by atoms with Crippen molar-refractivity contribution in [2.24, 2.45) is 0 Å². The largest absolute Gasteiger partial charge is 0.0801 e. The van der Waals surface area contributed by atoms with Gasteiger partial charge in [-0.25, -0.2) is 0 Å². The highest BCUT2D eigenvalue weighted by molar-refractivity contribution is 5.68. The van der Waals surface area contributed by atoms with Crippen LogP contribution in [0.4, 0.5) is 0 Å². The van der Waals surface area contributed by atoms with Gasteiger partial charge in [-0.15, -0.1) is 0 Å². The fourth-order valence-electron chi connectivity index (χ4n) is 3.00. The predicted octanol–water partition coefficient (Wildman–Crippen LogP) is 6.49. The van der Waals surface area contributed by atoms with Gasteiger partial charge in [0.15, 0.2) is 0 Å². The van der Waals surface area contributed by atoms with Gasteiger partial charge in [-0.2, -0.15) is 0 Å². The maximum Gasteiger partial charge on any atom is -0.0126 e. The Hall–Kier alpha value is -1.56. The van der Waals surface area contributed by atoms with E-state index in [0.29, 0.717) is 0 Å². The molecule has 1 aromatic carbocycles. The van der Waals surface area contributed by atoms with Gasteiger partial charge in [0.25, 0.3) is 0 Å². The molecule has 0 heterocycles.